The standard InChI is InChI=1S/C21H23N5O2S/c1-26-18(24-25-21(26)29)12-13-22-19(27)14-17(15-8-4-2-5-9-15)23-20(28)16-10-6-3-7-11-16/h2-11,17H,12-14H2,1H3,(H,22,27)(H,23,28)(H,25,29). The van der Waals surface area contributed by atoms with Crippen molar-refractivity contribution >= 4 is 24.0 Å². The van der Waals surface area contributed by atoms with Crippen molar-refractivity contribution in [2.45, 2.75) is 18.9 Å². The SMILES string of the molecule is Cn1c(CCNC(=O)CC(NC(=O)c2ccccc2)c2ccccc2)n[nH]c1=S. The molecule has 2 amide bonds. The van der Waals surface area contributed by atoms with Gasteiger partial charge in [-0.1, -0.05) is 48.5 Å². The molecule has 7 nitrogen and oxygen atoms in total. The molecule has 0 radical (unpaired) electrons. The molecule has 150 valence electrons. The largest absolute Gasteiger partial charge is 0.356 e. The number of aromatic amines is 1. The Hall–Kier alpha value is -3.26. The number of aromatic nitrogens is 3. The summed E-state index contributed by atoms with van der Waals surface area (Å²) in [5.74, 6) is 0.407. The zero-order valence-electron chi connectivity index (χ0n) is 16.1. The predicted molar refractivity (Wildman–Crippen MR) is 113 cm³/mol. The van der Waals surface area contributed by atoms with Gasteiger partial charge in [0.15, 0.2) is 4.77 Å². The molecule has 0 fully saturated rings. The second kappa shape index (κ2) is 9.79. The van der Waals surface area contributed by atoms with Crippen LogP contribution >= 0.6 is 12.2 Å². The first-order valence-electron chi connectivity index (χ1n) is 9.32. The van der Waals surface area contributed by atoms with Gasteiger partial charge >= 0.3 is 0 Å². The van der Waals surface area contributed by atoms with E-state index in [1.54, 1.807) is 16.7 Å². The lowest BCUT2D eigenvalue weighted by Gasteiger charge is -2.19. The van der Waals surface area contributed by atoms with Gasteiger partial charge in [-0.25, -0.2) is 0 Å². The van der Waals surface area contributed by atoms with Crippen molar-refractivity contribution < 1.29 is 9.59 Å². The maximum Gasteiger partial charge on any atom is 0.251 e. The maximum atomic E-state index is 12.6. The number of amides is 2. The highest BCUT2D eigenvalue weighted by molar-refractivity contribution is 7.71. The molecule has 0 saturated heterocycles. The fraction of sp³-hybridized carbons (Fsp3) is 0.238. The van der Waals surface area contributed by atoms with Crippen LogP contribution in [0.3, 0.4) is 0 Å². The van der Waals surface area contributed by atoms with E-state index in [2.05, 4.69) is 20.8 Å². The summed E-state index contributed by atoms with van der Waals surface area (Å²) in [6.45, 7) is 0.431. The van der Waals surface area contributed by atoms with E-state index in [4.69, 9.17) is 12.2 Å². The van der Waals surface area contributed by atoms with E-state index >= 15 is 0 Å². The van der Waals surface area contributed by atoms with Gasteiger partial charge in [0, 0.05) is 25.6 Å². The molecule has 3 aromatic rings. The highest BCUT2D eigenvalue weighted by Gasteiger charge is 2.19. The number of carbonyl (C=O) groups is 2. The van der Waals surface area contributed by atoms with Crippen LogP contribution in [0.1, 0.15) is 34.2 Å². The number of nitrogens with zero attached hydrogens (tertiary/aromatic N) is 2. The van der Waals surface area contributed by atoms with Crippen LogP contribution in [-0.2, 0) is 18.3 Å². The molecule has 0 saturated carbocycles. The Morgan fingerprint density at radius 2 is 1.76 bits per heavy atom. The van der Waals surface area contributed by atoms with Crippen molar-refractivity contribution in [1.29, 1.82) is 0 Å². The van der Waals surface area contributed by atoms with Crippen LogP contribution < -0.4 is 10.6 Å². The Bertz CT molecular complexity index is 1010. The normalized spacial score (nSPS) is 11.6. The molecule has 2 aromatic carbocycles. The van der Waals surface area contributed by atoms with Gasteiger partial charge in [-0.15, -0.1) is 0 Å². The Morgan fingerprint density at radius 1 is 1.10 bits per heavy atom. The van der Waals surface area contributed by atoms with E-state index in [0.29, 0.717) is 23.3 Å². The minimum atomic E-state index is -0.426. The Morgan fingerprint density at radius 3 is 2.38 bits per heavy atom. The summed E-state index contributed by atoms with van der Waals surface area (Å²) in [5, 5.41) is 12.7. The number of hydrogen-bond acceptors (Lipinski definition) is 4. The fourth-order valence-corrected chi connectivity index (χ4v) is 3.09. The lowest BCUT2D eigenvalue weighted by molar-refractivity contribution is -0.121. The van der Waals surface area contributed by atoms with E-state index in [1.807, 2.05) is 55.6 Å². The van der Waals surface area contributed by atoms with Crippen LogP contribution in [0, 0.1) is 4.77 Å². The Kier molecular flexibility index (Phi) is 6.91. The quantitative estimate of drug-likeness (QED) is 0.499. The number of carbonyl (C=O) groups excluding carboxylic acids is 2. The van der Waals surface area contributed by atoms with Crippen molar-refractivity contribution in [2.75, 3.05) is 6.54 Å². The van der Waals surface area contributed by atoms with Crippen LogP contribution in [-0.4, -0.2) is 33.1 Å². The van der Waals surface area contributed by atoms with E-state index < -0.39 is 6.04 Å². The van der Waals surface area contributed by atoms with Gasteiger partial charge in [-0.3, -0.25) is 14.7 Å². The van der Waals surface area contributed by atoms with Crippen molar-refractivity contribution in [3.8, 4) is 0 Å². The predicted octanol–water partition coefficient (Wildman–Crippen LogP) is 2.70. The molecular formula is C21H23N5O2S. The van der Waals surface area contributed by atoms with Crippen molar-refractivity contribution in [2.24, 2.45) is 7.05 Å². The summed E-state index contributed by atoms with van der Waals surface area (Å²) in [7, 11) is 1.83. The average Bonchev–Trinajstić information content (AvgIpc) is 3.07. The van der Waals surface area contributed by atoms with Crippen LogP contribution in [0.15, 0.2) is 60.7 Å². The first kappa shape index (κ1) is 20.5. The first-order valence-corrected chi connectivity index (χ1v) is 9.73. The van der Waals surface area contributed by atoms with Gasteiger partial charge in [-0.2, -0.15) is 5.10 Å². The molecule has 1 unspecified atom stereocenters. The van der Waals surface area contributed by atoms with Crippen molar-refractivity contribution in [3.05, 3.63) is 82.4 Å². The van der Waals surface area contributed by atoms with Gasteiger partial charge in [0.25, 0.3) is 5.91 Å². The molecule has 1 aromatic heterocycles. The van der Waals surface area contributed by atoms with Crippen molar-refractivity contribution in [1.82, 2.24) is 25.4 Å². The van der Waals surface area contributed by atoms with Crippen LogP contribution in [0.25, 0.3) is 0 Å². The van der Waals surface area contributed by atoms with Gasteiger partial charge in [0.05, 0.1) is 12.5 Å². The highest BCUT2D eigenvalue weighted by atomic mass is 32.1. The summed E-state index contributed by atoms with van der Waals surface area (Å²) in [4.78, 5) is 25.1. The highest BCUT2D eigenvalue weighted by Crippen LogP contribution is 2.17. The molecule has 1 heterocycles. The summed E-state index contributed by atoms with van der Waals surface area (Å²) in [5.41, 5.74) is 1.43. The maximum absolute atomic E-state index is 12.6. The Labute approximate surface area is 174 Å². The van der Waals surface area contributed by atoms with Gasteiger partial charge in [0.1, 0.15) is 5.82 Å². The second-order valence-corrected chi connectivity index (χ2v) is 7.00. The van der Waals surface area contributed by atoms with Gasteiger partial charge < -0.3 is 15.2 Å². The third-order valence-corrected chi connectivity index (χ3v) is 4.94. The van der Waals surface area contributed by atoms with E-state index in [1.165, 1.54) is 0 Å². The number of rotatable bonds is 8. The zero-order valence-corrected chi connectivity index (χ0v) is 16.9. The lowest BCUT2D eigenvalue weighted by Crippen LogP contribution is -2.34. The number of hydrogen-bond donors (Lipinski definition) is 3. The summed E-state index contributed by atoms with van der Waals surface area (Å²) < 4.78 is 2.31. The number of benzene rings is 2. The summed E-state index contributed by atoms with van der Waals surface area (Å²) in [6.07, 6.45) is 0.698. The smallest absolute Gasteiger partial charge is 0.251 e. The van der Waals surface area contributed by atoms with E-state index in [-0.39, 0.29) is 18.2 Å². The van der Waals surface area contributed by atoms with Crippen LogP contribution in [0.2, 0.25) is 0 Å². The Balaban J connectivity index is 1.62. The molecule has 3 N–H and O–H groups in total. The molecule has 1 atom stereocenters. The monoisotopic (exact) mass is 409 g/mol. The number of nitrogens with one attached hydrogen (secondary N) is 3. The zero-order chi connectivity index (χ0) is 20.6. The molecule has 0 bridgehead atoms. The molecule has 0 aliphatic heterocycles. The van der Waals surface area contributed by atoms with Crippen molar-refractivity contribution in [3.63, 3.8) is 0 Å². The molecule has 0 spiro atoms. The summed E-state index contributed by atoms with van der Waals surface area (Å²) >= 11 is 5.09. The molecule has 3 rings (SSSR count). The lowest BCUT2D eigenvalue weighted by atomic mass is 10.0. The van der Waals surface area contributed by atoms with Crippen LogP contribution in [0.4, 0.5) is 0 Å². The molecule has 8 heteroatoms. The molecular weight excluding hydrogens is 386 g/mol. The molecule has 0 aliphatic carbocycles. The van der Waals surface area contributed by atoms with E-state index in [9.17, 15) is 9.59 Å². The fourth-order valence-electron chi connectivity index (χ4n) is 2.94. The average molecular weight is 410 g/mol. The minimum Gasteiger partial charge on any atom is -0.356 e. The second-order valence-electron chi connectivity index (χ2n) is 6.61. The van der Waals surface area contributed by atoms with Gasteiger partial charge in [0.2, 0.25) is 5.91 Å². The van der Waals surface area contributed by atoms with Gasteiger partial charge in [-0.05, 0) is 29.9 Å². The van der Waals surface area contributed by atoms with Crippen LogP contribution in [0.5, 0.6) is 0 Å². The first-order chi connectivity index (χ1) is 14.0. The topological polar surface area (TPSA) is 91.8 Å². The summed E-state index contributed by atoms with van der Waals surface area (Å²) in [6, 6.07) is 18.0. The third-order valence-electron chi connectivity index (χ3n) is 4.58. The molecule has 0 aliphatic rings. The van der Waals surface area contributed by atoms with E-state index in [0.717, 1.165) is 11.4 Å². The minimum absolute atomic E-state index is 0.140. The number of H-pyrrole nitrogens is 1. The molecule has 29 heavy (non-hydrogen) atoms. The third kappa shape index (κ3) is 5.61.